The topological polar surface area (TPSA) is 20.2 Å². The van der Waals surface area contributed by atoms with E-state index in [2.05, 4.69) is 27.7 Å². The van der Waals surface area contributed by atoms with E-state index in [1.54, 1.807) is 0 Å². The van der Waals surface area contributed by atoms with Crippen LogP contribution < -0.4 is 0 Å². The van der Waals surface area contributed by atoms with Gasteiger partial charge in [-0.3, -0.25) is 0 Å². The Morgan fingerprint density at radius 3 is 2.19 bits per heavy atom. The van der Waals surface area contributed by atoms with E-state index in [9.17, 15) is 0 Å². The molecule has 1 nitrogen and oxygen atoms in total. The van der Waals surface area contributed by atoms with E-state index in [4.69, 9.17) is 5.11 Å². The highest BCUT2D eigenvalue weighted by Crippen LogP contribution is 2.43. The number of rotatable bonds is 5. The number of hydrogen-bond acceptors (Lipinski definition) is 1. The summed E-state index contributed by atoms with van der Waals surface area (Å²) < 4.78 is 0. The average molecular weight is 226 g/mol. The Morgan fingerprint density at radius 1 is 1.19 bits per heavy atom. The fourth-order valence-corrected chi connectivity index (χ4v) is 3.11. The van der Waals surface area contributed by atoms with Gasteiger partial charge < -0.3 is 5.11 Å². The second-order valence-corrected chi connectivity index (χ2v) is 6.58. The number of aliphatic hydroxyl groups is 1. The van der Waals surface area contributed by atoms with Gasteiger partial charge in [-0.25, -0.2) is 0 Å². The maximum absolute atomic E-state index is 9.08. The summed E-state index contributed by atoms with van der Waals surface area (Å²) in [4.78, 5) is 0. The summed E-state index contributed by atoms with van der Waals surface area (Å²) in [7, 11) is 0. The third-order valence-corrected chi connectivity index (χ3v) is 4.91. The predicted octanol–water partition coefficient (Wildman–Crippen LogP) is 4.25. The Hall–Kier alpha value is -0.0400. The summed E-state index contributed by atoms with van der Waals surface area (Å²) in [6.45, 7) is 9.70. The molecule has 1 aliphatic rings. The first-order valence-electron chi connectivity index (χ1n) is 7.10. The van der Waals surface area contributed by atoms with Crippen LogP contribution in [0.4, 0.5) is 0 Å². The molecule has 1 saturated carbocycles. The number of hydrogen-bond donors (Lipinski definition) is 1. The monoisotopic (exact) mass is 226 g/mol. The molecule has 1 aliphatic carbocycles. The van der Waals surface area contributed by atoms with Crippen LogP contribution in [-0.2, 0) is 0 Å². The van der Waals surface area contributed by atoms with Crippen LogP contribution in [0.5, 0.6) is 0 Å². The minimum absolute atomic E-state index is 0.361. The Kier molecular flexibility index (Phi) is 5.30. The molecule has 1 unspecified atom stereocenters. The highest BCUT2D eigenvalue weighted by molar-refractivity contribution is 4.82. The molecule has 0 aromatic rings. The van der Waals surface area contributed by atoms with Gasteiger partial charge in [0.25, 0.3) is 0 Å². The van der Waals surface area contributed by atoms with Crippen LogP contribution in [-0.4, -0.2) is 11.7 Å². The van der Waals surface area contributed by atoms with E-state index >= 15 is 0 Å². The molecule has 1 N–H and O–H groups in total. The third-order valence-electron chi connectivity index (χ3n) is 4.91. The molecule has 1 rings (SSSR count). The van der Waals surface area contributed by atoms with Crippen molar-refractivity contribution in [3.8, 4) is 0 Å². The highest BCUT2D eigenvalue weighted by Gasteiger charge is 2.31. The summed E-state index contributed by atoms with van der Waals surface area (Å²) in [6, 6.07) is 0. The SMILES string of the molecule is CCC(C)(C)C1CCC(CC(C)CO)CC1. The first kappa shape index (κ1) is 14.0. The van der Waals surface area contributed by atoms with Gasteiger partial charge in [0, 0.05) is 6.61 Å². The fourth-order valence-electron chi connectivity index (χ4n) is 3.11. The van der Waals surface area contributed by atoms with Gasteiger partial charge in [-0.2, -0.15) is 0 Å². The summed E-state index contributed by atoms with van der Waals surface area (Å²) in [5.41, 5.74) is 0.535. The highest BCUT2D eigenvalue weighted by atomic mass is 16.3. The van der Waals surface area contributed by atoms with Crippen molar-refractivity contribution in [2.75, 3.05) is 6.61 Å². The van der Waals surface area contributed by atoms with Crippen molar-refractivity contribution in [3.05, 3.63) is 0 Å². The lowest BCUT2D eigenvalue weighted by atomic mass is 9.67. The standard InChI is InChI=1S/C15H30O/c1-5-15(3,4)14-8-6-13(7-9-14)10-12(2)11-16/h12-14,16H,5-11H2,1-4H3. The van der Waals surface area contributed by atoms with Crippen molar-refractivity contribution in [2.45, 2.75) is 66.2 Å². The van der Waals surface area contributed by atoms with Crippen molar-refractivity contribution in [1.29, 1.82) is 0 Å². The molecular weight excluding hydrogens is 196 g/mol. The molecule has 0 aromatic heterocycles. The van der Waals surface area contributed by atoms with Gasteiger partial charge in [-0.1, -0.05) is 47.0 Å². The second-order valence-electron chi connectivity index (χ2n) is 6.58. The largest absolute Gasteiger partial charge is 0.396 e. The van der Waals surface area contributed by atoms with Gasteiger partial charge in [0.2, 0.25) is 0 Å². The molecule has 0 heterocycles. The quantitative estimate of drug-likeness (QED) is 0.743. The van der Waals surface area contributed by atoms with Gasteiger partial charge in [-0.05, 0) is 42.4 Å². The maximum atomic E-state index is 9.08. The normalized spacial score (nSPS) is 29.1. The first-order valence-corrected chi connectivity index (χ1v) is 7.10. The molecule has 16 heavy (non-hydrogen) atoms. The Bertz CT molecular complexity index is 190. The lowest BCUT2D eigenvalue weighted by Gasteiger charge is -2.39. The second kappa shape index (κ2) is 6.05. The number of aliphatic hydroxyl groups excluding tert-OH is 1. The molecular formula is C15H30O. The molecule has 0 spiro atoms. The smallest absolute Gasteiger partial charge is 0.0456 e. The van der Waals surface area contributed by atoms with Crippen LogP contribution in [0.3, 0.4) is 0 Å². The van der Waals surface area contributed by atoms with E-state index in [1.807, 2.05) is 0 Å². The van der Waals surface area contributed by atoms with Crippen molar-refractivity contribution in [2.24, 2.45) is 23.2 Å². The van der Waals surface area contributed by atoms with Crippen LogP contribution in [0.25, 0.3) is 0 Å². The predicted molar refractivity (Wildman–Crippen MR) is 70.4 cm³/mol. The summed E-state index contributed by atoms with van der Waals surface area (Å²) in [6.07, 6.45) is 8.12. The van der Waals surface area contributed by atoms with E-state index in [0.29, 0.717) is 17.9 Å². The zero-order valence-electron chi connectivity index (χ0n) is 11.6. The molecule has 0 aromatic carbocycles. The Morgan fingerprint density at radius 2 is 1.75 bits per heavy atom. The minimum Gasteiger partial charge on any atom is -0.396 e. The van der Waals surface area contributed by atoms with Crippen molar-refractivity contribution in [1.82, 2.24) is 0 Å². The van der Waals surface area contributed by atoms with Crippen LogP contribution >= 0.6 is 0 Å². The van der Waals surface area contributed by atoms with Crippen molar-refractivity contribution >= 4 is 0 Å². The molecule has 0 radical (unpaired) electrons. The fraction of sp³-hybridized carbons (Fsp3) is 1.00. The Balaban J connectivity index is 2.34. The minimum atomic E-state index is 0.361. The van der Waals surface area contributed by atoms with Crippen LogP contribution in [0.15, 0.2) is 0 Å². The molecule has 96 valence electrons. The van der Waals surface area contributed by atoms with Gasteiger partial charge in [-0.15, -0.1) is 0 Å². The summed E-state index contributed by atoms with van der Waals surface area (Å²) >= 11 is 0. The van der Waals surface area contributed by atoms with Gasteiger partial charge in [0.05, 0.1) is 0 Å². The van der Waals surface area contributed by atoms with Gasteiger partial charge in [0.15, 0.2) is 0 Å². The zero-order valence-corrected chi connectivity index (χ0v) is 11.6. The van der Waals surface area contributed by atoms with E-state index in [1.165, 1.54) is 38.5 Å². The Labute approximate surface area is 102 Å². The molecule has 0 aliphatic heterocycles. The maximum Gasteiger partial charge on any atom is 0.0456 e. The molecule has 1 fully saturated rings. The van der Waals surface area contributed by atoms with E-state index in [-0.39, 0.29) is 0 Å². The molecule has 0 bridgehead atoms. The van der Waals surface area contributed by atoms with Crippen LogP contribution in [0, 0.1) is 23.2 Å². The van der Waals surface area contributed by atoms with Crippen LogP contribution in [0.2, 0.25) is 0 Å². The van der Waals surface area contributed by atoms with Crippen LogP contribution in [0.1, 0.15) is 66.2 Å². The molecule has 1 heteroatoms. The first-order chi connectivity index (χ1) is 7.49. The summed E-state index contributed by atoms with van der Waals surface area (Å²) in [5, 5.41) is 9.08. The molecule has 0 saturated heterocycles. The van der Waals surface area contributed by atoms with Crippen molar-refractivity contribution in [3.63, 3.8) is 0 Å². The zero-order chi connectivity index (χ0) is 12.2. The average Bonchev–Trinajstić information content (AvgIpc) is 2.29. The molecule has 0 amide bonds. The molecule has 1 atom stereocenters. The van der Waals surface area contributed by atoms with Crippen molar-refractivity contribution < 1.29 is 5.11 Å². The van der Waals surface area contributed by atoms with Gasteiger partial charge in [0.1, 0.15) is 0 Å². The summed E-state index contributed by atoms with van der Waals surface area (Å²) in [5.74, 6) is 2.31. The lowest BCUT2D eigenvalue weighted by molar-refractivity contribution is 0.113. The third kappa shape index (κ3) is 3.76. The van der Waals surface area contributed by atoms with E-state index in [0.717, 1.165) is 11.8 Å². The van der Waals surface area contributed by atoms with E-state index < -0.39 is 0 Å². The van der Waals surface area contributed by atoms with Gasteiger partial charge >= 0.3 is 0 Å². The lowest BCUT2D eigenvalue weighted by Crippen LogP contribution is -2.28.